The van der Waals surface area contributed by atoms with Crippen LogP contribution in [0.3, 0.4) is 0 Å². The summed E-state index contributed by atoms with van der Waals surface area (Å²) in [4.78, 5) is 29.2. The molecule has 0 atom stereocenters. The van der Waals surface area contributed by atoms with E-state index in [0.717, 1.165) is 24.1 Å². The molecule has 6 heteroatoms. The average molecular weight is 322 g/mol. The second-order valence-electron chi connectivity index (χ2n) is 5.32. The van der Waals surface area contributed by atoms with Gasteiger partial charge in [-0.1, -0.05) is 25.8 Å². The number of nitrogens with zero attached hydrogens (tertiary/aromatic N) is 2. The number of carbonyl (C=O) groups is 2. The molecule has 0 aliphatic carbocycles. The first-order valence-corrected chi connectivity index (χ1v) is 8.46. The minimum absolute atomic E-state index is 0.0605. The van der Waals surface area contributed by atoms with Crippen LogP contribution in [0.25, 0.3) is 5.57 Å². The van der Waals surface area contributed by atoms with Crippen molar-refractivity contribution in [2.24, 2.45) is 0 Å². The highest BCUT2D eigenvalue weighted by atomic mass is 32.1. The highest BCUT2D eigenvalue weighted by Crippen LogP contribution is 2.33. The molecule has 0 fully saturated rings. The molecular formula is C16H22N2O3S. The summed E-state index contributed by atoms with van der Waals surface area (Å²) < 4.78 is 0. The quantitative estimate of drug-likeness (QED) is 0.587. The van der Waals surface area contributed by atoms with Crippen molar-refractivity contribution in [2.45, 2.75) is 26.2 Å². The van der Waals surface area contributed by atoms with Gasteiger partial charge >= 0.3 is 0 Å². The van der Waals surface area contributed by atoms with Crippen LogP contribution in [0, 0.1) is 0 Å². The van der Waals surface area contributed by atoms with E-state index in [1.807, 2.05) is 17.5 Å². The van der Waals surface area contributed by atoms with Gasteiger partial charge in [0, 0.05) is 25.0 Å². The lowest BCUT2D eigenvalue weighted by Gasteiger charge is -2.20. The lowest BCUT2D eigenvalue weighted by atomic mass is 10.2. The monoisotopic (exact) mass is 322 g/mol. The van der Waals surface area contributed by atoms with Crippen LogP contribution in [-0.4, -0.2) is 53.5 Å². The van der Waals surface area contributed by atoms with Gasteiger partial charge in [-0.25, -0.2) is 0 Å². The Hall–Kier alpha value is -1.66. The normalized spacial score (nSPS) is 15.1. The molecule has 1 aromatic heterocycles. The van der Waals surface area contributed by atoms with Crippen molar-refractivity contribution in [3.05, 3.63) is 28.1 Å². The van der Waals surface area contributed by atoms with Crippen LogP contribution < -0.4 is 0 Å². The number of aliphatic hydroxyl groups is 1. The van der Waals surface area contributed by atoms with Gasteiger partial charge in [-0.15, -0.1) is 11.3 Å². The molecule has 0 saturated carbocycles. The summed E-state index contributed by atoms with van der Waals surface area (Å²) in [6.07, 6.45) is 2.86. The molecule has 0 bridgehead atoms. The average Bonchev–Trinajstić information content (AvgIpc) is 3.08. The van der Waals surface area contributed by atoms with Crippen molar-refractivity contribution in [1.29, 1.82) is 0 Å². The van der Waals surface area contributed by atoms with E-state index in [4.69, 9.17) is 5.11 Å². The Bertz CT molecular complexity index is 566. The maximum absolute atomic E-state index is 12.7. The van der Waals surface area contributed by atoms with E-state index in [1.54, 1.807) is 11.9 Å². The van der Waals surface area contributed by atoms with E-state index in [1.165, 1.54) is 16.2 Å². The standard InChI is InChI=1S/C16H22N2O3S/c1-3-4-5-8-18-15(20)13(12-7-6-11-22-12)14(16(18)21)17(2)9-10-19/h6-7,11,19H,3-5,8-10H2,1-2H3. The van der Waals surface area contributed by atoms with Crippen LogP contribution in [0.1, 0.15) is 31.1 Å². The van der Waals surface area contributed by atoms with E-state index in [0.29, 0.717) is 24.4 Å². The Morgan fingerprint density at radius 3 is 2.64 bits per heavy atom. The van der Waals surface area contributed by atoms with Crippen LogP contribution in [0.2, 0.25) is 0 Å². The number of thiophene rings is 1. The van der Waals surface area contributed by atoms with Gasteiger partial charge < -0.3 is 10.0 Å². The third kappa shape index (κ3) is 3.23. The van der Waals surface area contributed by atoms with Crippen LogP contribution in [0.4, 0.5) is 0 Å². The third-order valence-corrected chi connectivity index (χ3v) is 4.60. The molecule has 1 aromatic rings. The van der Waals surface area contributed by atoms with Crippen molar-refractivity contribution >= 4 is 28.7 Å². The molecule has 1 aliphatic rings. The SMILES string of the molecule is CCCCCN1C(=O)C(c2cccs2)=C(N(C)CCO)C1=O. The second kappa shape index (κ2) is 7.56. The zero-order valence-corrected chi connectivity index (χ0v) is 13.9. The van der Waals surface area contributed by atoms with Gasteiger partial charge in [0.25, 0.3) is 11.8 Å². The molecule has 2 rings (SSSR count). The minimum Gasteiger partial charge on any atom is -0.395 e. The zero-order valence-electron chi connectivity index (χ0n) is 13.0. The summed E-state index contributed by atoms with van der Waals surface area (Å²) in [5, 5.41) is 11.0. The minimum atomic E-state index is -0.250. The molecule has 0 aromatic carbocycles. The molecular weight excluding hydrogens is 300 g/mol. The fourth-order valence-electron chi connectivity index (χ4n) is 2.55. The van der Waals surface area contributed by atoms with Gasteiger partial charge in [-0.2, -0.15) is 0 Å². The summed E-state index contributed by atoms with van der Waals surface area (Å²) in [6, 6.07) is 3.72. The van der Waals surface area contributed by atoms with E-state index >= 15 is 0 Å². The summed E-state index contributed by atoms with van der Waals surface area (Å²) in [5.41, 5.74) is 0.866. The third-order valence-electron chi connectivity index (χ3n) is 3.71. The molecule has 1 aliphatic heterocycles. The Morgan fingerprint density at radius 2 is 2.05 bits per heavy atom. The van der Waals surface area contributed by atoms with E-state index < -0.39 is 0 Å². The van der Waals surface area contributed by atoms with Gasteiger partial charge in [-0.05, 0) is 17.9 Å². The highest BCUT2D eigenvalue weighted by molar-refractivity contribution is 7.11. The van der Waals surface area contributed by atoms with Crippen LogP contribution in [-0.2, 0) is 9.59 Å². The topological polar surface area (TPSA) is 60.9 Å². The number of hydrogen-bond acceptors (Lipinski definition) is 5. The number of unbranched alkanes of at least 4 members (excludes halogenated alkanes) is 2. The predicted molar refractivity (Wildman–Crippen MR) is 87.2 cm³/mol. The molecule has 0 saturated heterocycles. The Kier molecular flexibility index (Phi) is 5.74. The van der Waals surface area contributed by atoms with Crippen molar-refractivity contribution in [3.63, 3.8) is 0 Å². The van der Waals surface area contributed by atoms with Crippen molar-refractivity contribution in [1.82, 2.24) is 9.80 Å². The smallest absolute Gasteiger partial charge is 0.277 e. The Balaban J connectivity index is 2.33. The summed E-state index contributed by atoms with van der Waals surface area (Å²) in [7, 11) is 1.74. The molecule has 0 radical (unpaired) electrons. The fourth-order valence-corrected chi connectivity index (χ4v) is 3.31. The lowest BCUT2D eigenvalue weighted by Crippen LogP contribution is -2.35. The Morgan fingerprint density at radius 1 is 1.27 bits per heavy atom. The number of aliphatic hydroxyl groups excluding tert-OH is 1. The first kappa shape index (κ1) is 16.7. The molecule has 5 nitrogen and oxygen atoms in total. The van der Waals surface area contributed by atoms with Crippen molar-refractivity contribution < 1.29 is 14.7 Å². The molecule has 120 valence electrons. The number of rotatable bonds is 8. The maximum Gasteiger partial charge on any atom is 0.277 e. The molecule has 2 heterocycles. The number of carbonyl (C=O) groups excluding carboxylic acids is 2. The number of hydrogen-bond donors (Lipinski definition) is 1. The molecule has 2 amide bonds. The number of likely N-dealkylation sites (N-methyl/N-ethyl adjacent to an activating group) is 1. The molecule has 1 N–H and O–H groups in total. The van der Waals surface area contributed by atoms with E-state index in [-0.39, 0.29) is 18.4 Å². The summed E-state index contributed by atoms with van der Waals surface area (Å²) in [6.45, 7) is 2.81. The van der Waals surface area contributed by atoms with Crippen LogP contribution in [0.15, 0.2) is 23.2 Å². The van der Waals surface area contributed by atoms with Gasteiger partial charge in [0.15, 0.2) is 0 Å². The largest absolute Gasteiger partial charge is 0.395 e. The Labute approximate surface area is 134 Å². The van der Waals surface area contributed by atoms with Crippen molar-refractivity contribution in [2.75, 3.05) is 26.7 Å². The molecule has 22 heavy (non-hydrogen) atoms. The number of amides is 2. The second-order valence-corrected chi connectivity index (χ2v) is 6.26. The van der Waals surface area contributed by atoms with Crippen molar-refractivity contribution in [3.8, 4) is 0 Å². The number of imide groups is 1. The van der Waals surface area contributed by atoms with Gasteiger partial charge in [0.2, 0.25) is 0 Å². The van der Waals surface area contributed by atoms with E-state index in [9.17, 15) is 9.59 Å². The summed E-state index contributed by atoms with van der Waals surface area (Å²) >= 11 is 1.45. The molecule has 0 spiro atoms. The predicted octanol–water partition coefficient (Wildman–Crippen LogP) is 1.94. The van der Waals surface area contributed by atoms with Crippen LogP contribution in [0.5, 0.6) is 0 Å². The first-order chi connectivity index (χ1) is 10.6. The maximum atomic E-state index is 12.7. The molecule has 0 unspecified atom stereocenters. The highest BCUT2D eigenvalue weighted by Gasteiger charge is 2.40. The summed E-state index contributed by atoms with van der Waals surface area (Å²) in [5.74, 6) is -0.469. The zero-order chi connectivity index (χ0) is 16.1. The van der Waals surface area contributed by atoms with Gasteiger partial charge in [0.1, 0.15) is 5.70 Å². The van der Waals surface area contributed by atoms with E-state index in [2.05, 4.69) is 6.92 Å². The first-order valence-electron chi connectivity index (χ1n) is 7.58. The van der Waals surface area contributed by atoms with Gasteiger partial charge in [-0.3, -0.25) is 14.5 Å². The lowest BCUT2D eigenvalue weighted by molar-refractivity contribution is -0.137. The van der Waals surface area contributed by atoms with Crippen LogP contribution >= 0.6 is 11.3 Å². The fraction of sp³-hybridized carbons (Fsp3) is 0.500. The van der Waals surface area contributed by atoms with Gasteiger partial charge in [0.05, 0.1) is 12.2 Å².